The summed E-state index contributed by atoms with van der Waals surface area (Å²) < 4.78 is 1.91. The lowest BCUT2D eigenvalue weighted by Crippen LogP contribution is -2.51. The molecule has 1 saturated carbocycles. The average molecular weight is 302 g/mol. The molecule has 2 N–H and O–H groups in total. The number of carbonyl (C=O) groups excluding carboxylic acids is 1. The highest BCUT2D eigenvalue weighted by Crippen LogP contribution is 2.39. The molecule has 1 fully saturated rings. The van der Waals surface area contributed by atoms with Crippen molar-refractivity contribution in [3.05, 3.63) is 11.6 Å². The SMILES string of the molecule is Cc1nc2n(n1)CC(NCC(=O)NC(C)(C#N)C1CC1)CC2. The van der Waals surface area contributed by atoms with Gasteiger partial charge in [-0.2, -0.15) is 10.4 Å². The van der Waals surface area contributed by atoms with Crippen LogP contribution >= 0.6 is 0 Å². The average Bonchev–Trinajstić information content (AvgIpc) is 3.27. The van der Waals surface area contributed by atoms with Gasteiger partial charge in [-0.3, -0.25) is 4.79 Å². The summed E-state index contributed by atoms with van der Waals surface area (Å²) in [5, 5.41) is 19.8. The Hall–Kier alpha value is -1.94. The second-order valence-electron chi connectivity index (χ2n) is 6.51. The van der Waals surface area contributed by atoms with Gasteiger partial charge in [-0.05, 0) is 39.0 Å². The molecule has 2 heterocycles. The van der Waals surface area contributed by atoms with E-state index in [-0.39, 0.29) is 18.5 Å². The summed E-state index contributed by atoms with van der Waals surface area (Å²) in [6.07, 6.45) is 3.87. The Morgan fingerprint density at radius 1 is 1.50 bits per heavy atom. The lowest BCUT2D eigenvalue weighted by molar-refractivity contribution is -0.121. The van der Waals surface area contributed by atoms with Gasteiger partial charge < -0.3 is 10.6 Å². The second-order valence-corrected chi connectivity index (χ2v) is 6.51. The Bertz CT molecular complexity index is 614. The van der Waals surface area contributed by atoms with Crippen LogP contribution in [0, 0.1) is 24.2 Å². The van der Waals surface area contributed by atoms with Crippen molar-refractivity contribution < 1.29 is 4.79 Å². The number of carbonyl (C=O) groups is 1. The lowest BCUT2D eigenvalue weighted by atomic mass is 9.98. The first kappa shape index (κ1) is 15.0. The monoisotopic (exact) mass is 302 g/mol. The Morgan fingerprint density at radius 2 is 2.27 bits per heavy atom. The summed E-state index contributed by atoms with van der Waals surface area (Å²) in [5.41, 5.74) is -0.721. The van der Waals surface area contributed by atoms with Gasteiger partial charge in [0.05, 0.1) is 19.2 Å². The van der Waals surface area contributed by atoms with Crippen LogP contribution in [0.5, 0.6) is 0 Å². The Morgan fingerprint density at radius 3 is 2.95 bits per heavy atom. The molecule has 0 spiro atoms. The molecule has 2 atom stereocenters. The normalized spacial score (nSPS) is 23.2. The molecule has 2 aliphatic rings. The molecule has 3 rings (SSSR count). The van der Waals surface area contributed by atoms with Gasteiger partial charge >= 0.3 is 0 Å². The summed E-state index contributed by atoms with van der Waals surface area (Å²) in [5.74, 6) is 2.00. The van der Waals surface area contributed by atoms with Gasteiger partial charge in [0.25, 0.3) is 0 Å². The zero-order valence-corrected chi connectivity index (χ0v) is 13.1. The fraction of sp³-hybridized carbons (Fsp3) is 0.733. The highest BCUT2D eigenvalue weighted by atomic mass is 16.2. The van der Waals surface area contributed by atoms with E-state index in [4.69, 9.17) is 0 Å². The van der Waals surface area contributed by atoms with Crippen LogP contribution in [0.4, 0.5) is 0 Å². The molecule has 0 aromatic carbocycles. The predicted octanol–water partition coefficient (Wildman–Crippen LogP) is 0.299. The quantitative estimate of drug-likeness (QED) is 0.815. The molecular formula is C15H22N6O. The van der Waals surface area contributed by atoms with Crippen molar-refractivity contribution in [1.29, 1.82) is 5.26 Å². The molecule has 22 heavy (non-hydrogen) atoms. The van der Waals surface area contributed by atoms with Crippen molar-refractivity contribution >= 4 is 5.91 Å². The van der Waals surface area contributed by atoms with Gasteiger partial charge in [0, 0.05) is 12.5 Å². The van der Waals surface area contributed by atoms with Gasteiger partial charge in [-0.25, -0.2) is 9.67 Å². The minimum absolute atomic E-state index is 0.114. The topological polar surface area (TPSA) is 95.6 Å². The maximum Gasteiger partial charge on any atom is 0.235 e. The molecule has 1 aromatic rings. The predicted molar refractivity (Wildman–Crippen MR) is 79.8 cm³/mol. The number of nitrogens with one attached hydrogen (secondary N) is 2. The molecule has 118 valence electrons. The molecule has 7 nitrogen and oxygen atoms in total. The van der Waals surface area contributed by atoms with Crippen molar-refractivity contribution in [2.75, 3.05) is 6.54 Å². The van der Waals surface area contributed by atoms with E-state index >= 15 is 0 Å². The Kier molecular flexibility index (Phi) is 3.87. The Balaban J connectivity index is 1.49. The van der Waals surface area contributed by atoms with E-state index in [0.717, 1.165) is 43.9 Å². The van der Waals surface area contributed by atoms with Crippen LogP contribution < -0.4 is 10.6 Å². The fourth-order valence-electron chi connectivity index (χ4n) is 3.05. The molecule has 1 amide bonds. The number of hydrogen-bond acceptors (Lipinski definition) is 5. The van der Waals surface area contributed by atoms with E-state index in [0.29, 0.717) is 5.92 Å². The molecule has 0 saturated heterocycles. The molecule has 0 bridgehead atoms. The molecule has 2 unspecified atom stereocenters. The zero-order valence-electron chi connectivity index (χ0n) is 13.1. The third-order valence-electron chi connectivity index (χ3n) is 4.54. The van der Waals surface area contributed by atoms with Crippen molar-refractivity contribution in [2.45, 2.75) is 57.7 Å². The van der Waals surface area contributed by atoms with E-state index in [1.165, 1.54) is 0 Å². The molecular weight excluding hydrogens is 280 g/mol. The first-order valence-electron chi connectivity index (χ1n) is 7.86. The molecule has 1 aliphatic heterocycles. The van der Waals surface area contributed by atoms with Gasteiger partial charge in [0.2, 0.25) is 5.91 Å². The number of nitrogens with zero attached hydrogens (tertiary/aromatic N) is 4. The summed E-state index contributed by atoms with van der Waals surface area (Å²) in [6.45, 7) is 4.68. The van der Waals surface area contributed by atoms with Crippen LogP contribution in [0.3, 0.4) is 0 Å². The smallest absolute Gasteiger partial charge is 0.235 e. The largest absolute Gasteiger partial charge is 0.337 e. The van der Waals surface area contributed by atoms with E-state index < -0.39 is 5.54 Å². The maximum atomic E-state index is 12.1. The minimum atomic E-state index is -0.721. The van der Waals surface area contributed by atoms with Gasteiger partial charge in [0.1, 0.15) is 17.2 Å². The summed E-state index contributed by atoms with van der Waals surface area (Å²) >= 11 is 0. The van der Waals surface area contributed by atoms with Crippen molar-refractivity contribution in [3.8, 4) is 6.07 Å². The first-order valence-corrected chi connectivity index (χ1v) is 7.86. The summed E-state index contributed by atoms with van der Waals surface area (Å²) in [7, 11) is 0. The number of aromatic nitrogens is 3. The van der Waals surface area contributed by atoms with E-state index in [9.17, 15) is 10.1 Å². The van der Waals surface area contributed by atoms with E-state index in [1.807, 2.05) is 18.5 Å². The lowest BCUT2D eigenvalue weighted by Gasteiger charge is -2.26. The van der Waals surface area contributed by atoms with Crippen LogP contribution in [0.15, 0.2) is 0 Å². The molecule has 1 aliphatic carbocycles. The number of hydrogen-bond donors (Lipinski definition) is 2. The second kappa shape index (κ2) is 5.69. The number of fused-ring (bicyclic) bond motifs is 1. The highest BCUT2D eigenvalue weighted by Gasteiger charge is 2.42. The third kappa shape index (κ3) is 3.12. The Labute approximate surface area is 130 Å². The number of nitriles is 1. The van der Waals surface area contributed by atoms with E-state index in [1.54, 1.807) is 0 Å². The van der Waals surface area contributed by atoms with Gasteiger partial charge in [-0.1, -0.05) is 0 Å². The fourth-order valence-corrected chi connectivity index (χ4v) is 3.05. The van der Waals surface area contributed by atoms with Crippen molar-refractivity contribution in [1.82, 2.24) is 25.4 Å². The van der Waals surface area contributed by atoms with Crippen molar-refractivity contribution in [3.63, 3.8) is 0 Å². The van der Waals surface area contributed by atoms with Gasteiger partial charge in [-0.15, -0.1) is 0 Å². The van der Waals surface area contributed by atoms with Crippen LogP contribution in [-0.4, -0.2) is 38.8 Å². The zero-order chi connectivity index (χ0) is 15.7. The van der Waals surface area contributed by atoms with Crippen LogP contribution in [0.25, 0.3) is 0 Å². The number of rotatable bonds is 5. The van der Waals surface area contributed by atoms with Crippen molar-refractivity contribution in [2.24, 2.45) is 5.92 Å². The molecule has 1 aromatic heterocycles. The van der Waals surface area contributed by atoms with Gasteiger partial charge in [0.15, 0.2) is 0 Å². The number of amides is 1. The number of aryl methyl sites for hydroxylation is 2. The highest BCUT2D eigenvalue weighted by molar-refractivity contribution is 5.79. The molecule has 0 radical (unpaired) electrons. The van der Waals surface area contributed by atoms with Crippen LogP contribution in [0.1, 0.15) is 37.8 Å². The molecule has 7 heteroatoms. The van der Waals surface area contributed by atoms with Crippen LogP contribution in [-0.2, 0) is 17.8 Å². The summed E-state index contributed by atoms with van der Waals surface area (Å²) in [6, 6.07) is 2.46. The summed E-state index contributed by atoms with van der Waals surface area (Å²) in [4.78, 5) is 16.5. The van der Waals surface area contributed by atoms with Crippen LogP contribution in [0.2, 0.25) is 0 Å². The minimum Gasteiger partial charge on any atom is -0.337 e. The first-order chi connectivity index (χ1) is 10.5. The standard InChI is InChI=1S/C15H22N6O/c1-10-18-13-6-5-12(8-21(13)20-10)17-7-14(22)19-15(2,9-16)11-3-4-11/h11-12,17H,3-8H2,1-2H3,(H,19,22). The third-order valence-corrected chi connectivity index (χ3v) is 4.54. The van der Waals surface area contributed by atoms with E-state index in [2.05, 4.69) is 26.8 Å². The maximum absolute atomic E-state index is 12.1.